The van der Waals surface area contributed by atoms with Gasteiger partial charge >= 0.3 is 18.2 Å². The van der Waals surface area contributed by atoms with E-state index in [4.69, 9.17) is 4.42 Å². The number of amides is 3. The lowest BCUT2D eigenvalue weighted by Gasteiger charge is -2.09. The van der Waals surface area contributed by atoms with E-state index in [1.54, 1.807) is 0 Å². The summed E-state index contributed by atoms with van der Waals surface area (Å²) in [5.74, 6) is -1.39. The third kappa shape index (κ3) is 3.90. The van der Waals surface area contributed by atoms with Crippen LogP contribution in [-0.4, -0.2) is 29.9 Å². The van der Waals surface area contributed by atoms with E-state index in [2.05, 4.69) is 10.1 Å². The molecule has 1 saturated heterocycles. The molecule has 146 valence electrons. The van der Waals surface area contributed by atoms with Gasteiger partial charge in [-0.05, 0) is 35.9 Å². The molecule has 1 aromatic carbocycles. The average molecular weight is 394 g/mol. The van der Waals surface area contributed by atoms with Crippen molar-refractivity contribution in [3.05, 3.63) is 64.7 Å². The Morgan fingerprint density at radius 2 is 2.00 bits per heavy atom. The molecule has 0 atom stereocenters. The molecule has 10 heteroatoms. The fourth-order valence-electron chi connectivity index (χ4n) is 2.52. The van der Waals surface area contributed by atoms with Gasteiger partial charge in [-0.3, -0.25) is 9.69 Å². The molecule has 2 heterocycles. The standard InChI is InChI=1S/C18H13F3N2O5/c1-27-16(25)14-6-5-12(28-14)9-23-15(24)13(22-17(23)26)8-10-3-2-4-11(7-10)18(19,20)21/h2-8H,9H2,1H3,(H,22,26). The summed E-state index contributed by atoms with van der Waals surface area (Å²) in [6.07, 6.45) is -3.38. The number of carbonyl (C=O) groups excluding carboxylic acids is 3. The molecule has 28 heavy (non-hydrogen) atoms. The van der Waals surface area contributed by atoms with Crippen molar-refractivity contribution in [2.24, 2.45) is 0 Å². The van der Waals surface area contributed by atoms with E-state index in [0.717, 1.165) is 23.1 Å². The number of hydrogen-bond donors (Lipinski definition) is 1. The van der Waals surface area contributed by atoms with Gasteiger partial charge in [0.05, 0.1) is 19.2 Å². The molecule has 1 fully saturated rings. The summed E-state index contributed by atoms with van der Waals surface area (Å²) >= 11 is 0. The maximum atomic E-state index is 12.8. The second kappa shape index (κ2) is 7.22. The number of rotatable bonds is 4. The highest BCUT2D eigenvalue weighted by molar-refractivity contribution is 6.13. The first kappa shape index (κ1) is 19.2. The quantitative estimate of drug-likeness (QED) is 0.489. The molecule has 2 aromatic rings. The SMILES string of the molecule is COC(=O)c1ccc(CN2C(=O)NC(=Cc3cccc(C(F)(F)F)c3)C2=O)o1. The van der Waals surface area contributed by atoms with Crippen molar-refractivity contribution in [1.82, 2.24) is 10.2 Å². The molecular formula is C18H13F3N2O5. The highest BCUT2D eigenvalue weighted by Gasteiger charge is 2.35. The van der Waals surface area contributed by atoms with Crippen LogP contribution in [0, 0.1) is 0 Å². The highest BCUT2D eigenvalue weighted by Crippen LogP contribution is 2.30. The Bertz CT molecular complexity index is 978. The zero-order valence-electron chi connectivity index (χ0n) is 14.4. The lowest BCUT2D eigenvalue weighted by Crippen LogP contribution is -2.30. The van der Waals surface area contributed by atoms with Crippen molar-refractivity contribution in [3.63, 3.8) is 0 Å². The molecule has 0 bridgehead atoms. The molecule has 0 radical (unpaired) electrons. The lowest BCUT2D eigenvalue weighted by molar-refractivity contribution is -0.137. The summed E-state index contributed by atoms with van der Waals surface area (Å²) in [4.78, 5) is 36.7. The summed E-state index contributed by atoms with van der Waals surface area (Å²) in [6, 6.07) is 6.31. The second-order valence-electron chi connectivity index (χ2n) is 5.76. The van der Waals surface area contributed by atoms with Gasteiger partial charge in [-0.25, -0.2) is 9.59 Å². The fraction of sp³-hybridized carbons (Fsp3) is 0.167. The predicted molar refractivity (Wildman–Crippen MR) is 88.6 cm³/mol. The van der Waals surface area contributed by atoms with Crippen molar-refractivity contribution in [1.29, 1.82) is 0 Å². The maximum absolute atomic E-state index is 12.8. The van der Waals surface area contributed by atoms with Gasteiger partial charge in [0.2, 0.25) is 5.76 Å². The van der Waals surface area contributed by atoms with E-state index in [1.165, 1.54) is 31.4 Å². The lowest BCUT2D eigenvalue weighted by atomic mass is 10.1. The molecule has 0 spiro atoms. The fourth-order valence-corrected chi connectivity index (χ4v) is 2.52. The van der Waals surface area contributed by atoms with Crippen LogP contribution in [0.3, 0.4) is 0 Å². The number of esters is 1. The second-order valence-corrected chi connectivity index (χ2v) is 5.76. The number of hydrogen-bond acceptors (Lipinski definition) is 5. The van der Waals surface area contributed by atoms with Crippen LogP contribution in [0.5, 0.6) is 0 Å². The number of nitrogens with one attached hydrogen (secondary N) is 1. The molecule has 0 aliphatic carbocycles. The number of methoxy groups -OCH3 is 1. The average Bonchev–Trinajstić information content (AvgIpc) is 3.21. The van der Waals surface area contributed by atoms with Crippen LogP contribution in [0.25, 0.3) is 6.08 Å². The van der Waals surface area contributed by atoms with Gasteiger partial charge in [-0.15, -0.1) is 0 Å². The predicted octanol–water partition coefficient (Wildman–Crippen LogP) is 3.18. The van der Waals surface area contributed by atoms with Gasteiger partial charge < -0.3 is 14.5 Å². The minimum atomic E-state index is -4.53. The molecule has 0 unspecified atom stereocenters. The number of urea groups is 1. The first-order valence-corrected chi connectivity index (χ1v) is 7.88. The number of ether oxygens (including phenoxy) is 1. The van der Waals surface area contributed by atoms with Crippen LogP contribution in [0.15, 0.2) is 46.5 Å². The number of benzene rings is 1. The molecule has 1 N–H and O–H groups in total. The smallest absolute Gasteiger partial charge is 0.416 e. The molecule has 7 nitrogen and oxygen atoms in total. The molecule has 1 aliphatic heterocycles. The summed E-state index contributed by atoms with van der Waals surface area (Å²) in [5, 5.41) is 2.31. The molecular weight excluding hydrogens is 381 g/mol. The molecule has 3 rings (SSSR count). The van der Waals surface area contributed by atoms with Crippen LogP contribution in [0.1, 0.15) is 27.4 Å². The first-order valence-electron chi connectivity index (χ1n) is 7.88. The van der Waals surface area contributed by atoms with Crippen LogP contribution in [0.2, 0.25) is 0 Å². The number of alkyl halides is 3. The number of carbonyl (C=O) groups is 3. The van der Waals surface area contributed by atoms with Gasteiger partial charge in [-0.1, -0.05) is 12.1 Å². The number of halogens is 3. The van der Waals surface area contributed by atoms with Gasteiger partial charge in [-0.2, -0.15) is 13.2 Å². The first-order chi connectivity index (χ1) is 13.2. The van der Waals surface area contributed by atoms with E-state index >= 15 is 0 Å². The maximum Gasteiger partial charge on any atom is 0.416 e. The third-order valence-corrected chi connectivity index (χ3v) is 3.85. The van der Waals surface area contributed by atoms with Gasteiger partial charge in [0.25, 0.3) is 5.91 Å². The van der Waals surface area contributed by atoms with Crippen molar-refractivity contribution in [2.75, 3.05) is 7.11 Å². The Morgan fingerprint density at radius 3 is 2.68 bits per heavy atom. The summed E-state index contributed by atoms with van der Waals surface area (Å²) < 4.78 is 48.1. The van der Waals surface area contributed by atoms with Crippen molar-refractivity contribution < 1.29 is 36.7 Å². The van der Waals surface area contributed by atoms with Crippen molar-refractivity contribution in [2.45, 2.75) is 12.7 Å². The van der Waals surface area contributed by atoms with Gasteiger partial charge in [0.15, 0.2) is 0 Å². The minimum absolute atomic E-state index is 0.0933. The third-order valence-electron chi connectivity index (χ3n) is 3.85. The van der Waals surface area contributed by atoms with Crippen molar-refractivity contribution in [3.8, 4) is 0 Å². The Morgan fingerprint density at radius 1 is 1.25 bits per heavy atom. The zero-order valence-corrected chi connectivity index (χ0v) is 14.4. The van der Waals surface area contributed by atoms with Gasteiger partial charge in [0, 0.05) is 0 Å². The van der Waals surface area contributed by atoms with E-state index in [9.17, 15) is 27.6 Å². The molecule has 1 aliphatic rings. The van der Waals surface area contributed by atoms with Crippen molar-refractivity contribution >= 4 is 24.0 Å². The Kier molecular flexibility index (Phi) is 4.95. The van der Waals surface area contributed by atoms with Crippen LogP contribution < -0.4 is 5.32 Å². The number of nitrogens with zero attached hydrogens (tertiary/aromatic N) is 1. The van der Waals surface area contributed by atoms with E-state index in [-0.39, 0.29) is 29.3 Å². The van der Waals surface area contributed by atoms with Crippen LogP contribution in [0.4, 0.5) is 18.0 Å². The monoisotopic (exact) mass is 394 g/mol. The van der Waals surface area contributed by atoms with E-state index in [1.807, 2.05) is 0 Å². The van der Waals surface area contributed by atoms with Crippen LogP contribution >= 0.6 is 0 Å². The topological polar surface area (TPSA) is 88.9 Å². The normalized spacial score (nSPS) is 15.9. The summed E-state index contributed by atoms with van der Waals surface area (Å²) in [6.45, 7) is -0.262. The summed E-state index contributed by atoms with van der Waals surface area (Å²) in [5.41, 5.74) is -0.947. The number of furan rings is 1. The Hall–Kier alpha value is -3.56. The number of imide groups is 1. The Labute approximate surface area is 156 Å². The van der Waals surface area contributed by atoms with E-state index < -0.39 is 29.6 Å². The molecule has 3 amide bonds. The minimum Gasteiger partial charge on any atom is -0.463 e. The largest absolute Gasteiger partial charge is 0.463 e. The van der Waals surface area contributed by atoms with E-state index in [0.29, 0.717) is 0 Å². The zero-order chi connectivity index (χ0) is 20.5. The van der Waals surface area contributed by atoms with Crippen LogP contribution in [-0.2, 0) is 22.3 Å². The highest BCUT2D eigenvalue weighted by atomic mass is 19.4. The molecule has 0 saturated carbocycles. The Balaban J connectivity index is 1.79. The summed E-state index contributed by atoms with van der Waals surface area (Å²) in [7, 11) is 1.17. The molecule has 1 aromatic heterocycles. The van der Waals surface area contributed by atoms with Gasteiger partial charge in [0.1, 0.15) is 11.5 Å².